The van der Waals surface area contributed by atoms with Gasteiger partial charge in [-0.25, -0.2) is 4.98 Å². The second-order valence-corrected chi connectivity index (χ2v) is 6.14. The first-order valence-electron chi connectivity index (χ1n) is 7.53. The normalized spacial score (nSPS) is 27.8. The Morgan fingerprint density at radius 1 is 1.21 bits per heavy atom. The number of imidazole rings is 1. The van der Waals surface area contributed by atoms with Gasteiger partial charge >= 0.3 is 0 Å². The van der Waals surface area contributed by atoms with Crippen molar-refractivity contribution in [1.29, 1.82) is 0 Å². The van der Waals surface area contributed by atoms with E-state index < -0.39 is 0 Å². The molecule has 0 spiro atoms. The van der Waals surface area contributed by atoms with Gasteiger partial charge in [0.2, 0.25) is 0 Å². The van der Waals surface area contributed by atoms with E-state index in [1.807, 2.05) is 0 Å². The quantitative estimate of drug-likeness (QED) is 0.893. The van der Waals surface area contributed by atoms with Crippen LogP contribution >= 0.6 is 0 Å². The zero-order valence-electron chi connectivity index (χ0n) is 11.5. The molecule has 2 unspecified atom stereocenters. The van der Waals surface area contributed by atoms with E-state index in [9.17, 15) is 0 Å². The topological polar surface area (TPSA) is 29.9 Å². The summed E-state index contributed by atoms with van der Waals surface area (Å²) in [4.78, 5) is 4.97. The number of fused-ring (bicyclic) bond motifs is 1. The molecule has 19 heavy (non-hydrogen) atoms. The van der Waals surface area contributed by atoms with Crippen LogP contribution in [0.2, 0.25) is 0 Å². The summed E-state index contributed by atoms with van der Waals surface area (Å²) >= 11 is 0. The van der Waals surface area contributed by atoms with E-state index in [0.29, 0.717) is 18.0 Å². The predicted molar refractivity (Wildman–Crippen MR) is 77.4 cm³/mol. The van der Waals surface area contributed by atoms with E-state index in [1.54, 1.807) is 0 Å². The average Bonchev–Trinajstić information content (AvgIpc) is 3.18. The molecule has 1 aliphatic carbocycles. The molecule has 100 valence electrons. The molecule has 2 atom stereocenters. The van der Waals surface area contributed by atoms with Crippen molar-refractivity contribution in [2.24, 2.45) is 0 Å². The molecule has 2 aliphatic rings. The Bertz CT molecular complexity index is 597. The molecular formula is C16H21N3. The van der Waals surface area contributed by atoms with E-state index in [2.05, 4.69) is 41.1 Å². The minimum atomic E-state index is 0.617. The molecule has 3 heteroatoms. The number of aromatic nitrogens is 2. The van der Waals surface area contributed by atoms with E-state index in [4.69, 9.17) is 4.98 Å². The Labute approximate surface area is 114 Å². The number of hydrogen-bond donors (Lipinski definition) is 1. The molecule has 1 saturated heterocycles. The third kappa shape index (κ3) is 1.96. The van der Waals surface area contributed by atoms with Crippen molar-refractivity contribution in [2.45, 2.75) is 50.6 Å². The SMILES string of the molecule is CC1CC(c2nc3ccccc3n2C2CC2)CCN1. The standard InChI is InChI=1S/C16H21N3/c1-11-10-12(8-9-17-11)16-18-14-4-2-3-5-15(14)19(16)13-6-7-13/h2-5,11-13,17H,6-10H2,1H3. The molecule has 2 fully saturated rings. The Hall–Kier alpha value is -1.35. The Morgan fingerprint density at radius 2 is 2.05 bits per heavy atom. The lowest BCUT2D eigenvalue weighted by Crippen LogP contribution is -2.35. The molecule has 1 aromatic heterocycles. The van der Waals surface area contributed by atoms with Crippen molar-refractivity contribution in [3.63, 3.8) is 0 Å². The smallest absolute Gasteiger partial charge is 0.113 e. The Balaban J connectivity index is 1.81. The number of nitrogens with one attached hydrogen (secondary N) is 1. The van der Waals surface area contributed by atoms with Crippen LogP contribution in [-0.2, 0) is 0 Å². The molecule has 3 nitrogen and oxygen atoms in total. The van der Waals surface area contributed by atoms with E-state index in [0.717, 1.165) is 6.54 Å². The number of hydrogen-bond acceptors (Lipinski definition) is 2. The summed E-state index contributed by atoms with van der Waals surface area (Å²) < 4.78 is 2.54. The minimum Gasteiger partial charge on any atom is -0.325 e. The highest BCUT2D eigenvalue weighted by atomic mass is 15.1. The Morgan fingerprint density at radius 3 is 2.84 bits per heavy atom. The minimum absolute atomic E-state index is 0.617. The van der Waals surface area contributed by atoms with Crippen LogP contribution < -0.4 is 5.32 Å². The molecule has 4 rings (SSSR count). The summed E-state index contributed by atoms with van der Waals surface area (Å²) in [5.74, 6) is 1.97. The maximum Gasteiger partial charge on any atom is 0.113 e. The average molecular weight is 255 g/mol. The highest BCUT2D eigenvalue weighted by Crippen LogP contribution is 2.41. The van der Waals surface area contributed by atoms with Gasteiger partial charge < -0.3 is 9.88 Å². The molecule has 1 saturated carbocycles. The first-order chi connectivity index (χ1) is 9.33. The fourth-order valence-electron chi connectivity index (χ4n) is 3.43. The maximum absolute atomic E-state index is 4.97. The van der Waals surface area contributed by atoms with Crippen molar-refractivity contribution in [2.75, 3.05) is 6.54 Å². The van der Waals surface area contributed by atoms with Crippen LogP contribution in [0, 0.1) is 0 Å². The first-order valence-corrected chi connectivity index (χ1v) is 7.53. The highest BCUT2D eigenvalue weighted by Gasteiger charge is 2.32. The molecule has 0 radical (unpaired) electrons. The van der Waals surface area contributed by atoms with Crippen molar-refractivity contribution in [3.05, 3.63) is 30.1 Å². The van der Waals surface area contributed by atoms with Crippen LogP contribution in [0.15, 0.2) is 24.3 Å². The van der Waals surface area contributed by atoms with Gasteiger partial charge in [0.25, 0.3) is 0 Å². The van der Waals surface area contributed by atoms with Gasteiger partial charge in [-0.1, -0.05) is 12.1 Å². The molecule has 1 aromatic carbocycles. The summed E-state index contributed by atoms with van der Waals surface area (Å²) in [5.41, 5.74) is 2.52. The van der Waals surface area contributed by atoms with Crippen LogP contribution in [0.3, 0.4) is 0 Å². The van der Waals surface area contributed by atoms with Crippen molar-refractivity contribution < 1.29 is 0 Å². The Kier molecular flexibility index (Phi) is 2.62. The summed E-state index contributed by atoms with van der Waals surface area (Å²) in [6.07, 6.45) is 5.10. The van der Waals surface area contributed by atoms with Gasteiger partial charge in [0.1, 0.15) is 5.82 Å². The summed E-state index contributed by atoms with van der Waals surface area (Å²) in [5, 5.41) is 3.54. The van der Waals surface area contributed by atoms with Gasteiger partial charge in [0, 0.05) is 18.0 Å². The lowest BCUT2D eigenvalue weighted by Gasteiger charge is -2.28. The zero-order chi connectivity index (χ0) is 12.8. The lowest BCUT2D eigenvalue weighted by atomic mass is 9.92. The van der Waals surface area contributed by atoms with Crippen molar-refractivity contribution in [1.82, 2.24) is 14.9 Å². The van der Waals surface area contributed by atoms with E-state index in [-0.39, 0.29) is 0 Å². The molecule has 0 amide bonds. The second kappa shape index (κ2) is 4.34. The monoisotopic (exact) mass is 255 g/mol. The first kappa shape index (κ1) is 11.5. The maximum atomic E-state index is 4.97. The fourth-order valence-corrected chi connectivity index (χ4v) is 3.43. The molecule has 1 N–H and O–H groups in total. The largest absolute Gasteiger partial charge is 0.325 e. The third-order valence-corrected chi connectivity index (χ3v) is 4.52. The number of para-hydroxylation sites is 2. The van der Waals surface area contributed by atoms with Crippen molar-refractivity contribution in [3.8, 4) is 0 Å². The summed E-state index contributed by atoms with van der Waals surface area (Å²) in [7, 11) is 0. The van der Waals surface area contributed by atoms with Crippen LogP contribution in [0.4, 0.5) is 0 Å². The fraction of sp³-hybridized carbons (Fsp3) is 0.562. The predicted octanol–water partition coefficient (Wildman–Crippen LogP) is 3.23. The van der Waals surface area contributed by atoms with Crippen molar-refractivity contribution >= 4 is 11.0 Å². The molecule has 1 aliphatic heterocycles. The van der Waals surface area contributed by atoms with Crippen LogP contribution in [-0.4, -0.2) is 22.1 Å². The van der Waals surface area contributed by atoms with Gasteiger partial charge in [-0.05, 0) is 51.3 Å². The van der Waals surface area contributed by atoms with Crippen LogP contribution in [0.25, 0.3) is 11.0 Å². The van der Waals surface area contributed by atoms with Gasteiger partial charge in [-0.2, -0.15) is 0 Å². The zero-order valence-corrected chi connectivity index (χ0v) is 11.5. The van der Waals surface area contributed by atoms with Gasteiger partial charge in [-0.3, -0.25) is 0 Å². The van der Waals surface area contributed by atoms with Gasteiger partial charge in [0.15, 0.2) is 0 Å². The third-order valence-electron chi connectivity index (χ3n) is 4.52. The van der Waals surface area contributed by atoms with Gasteiger partial charge in [-0.15, -0.1) is 0 Å². The second-order valence-electron chi connectivity index (χ2n) is 6.14. The van der Waals surface area contributed by atoms with Crippen LogP contribution in [0.1, 0.15) is 50.4 Å². The van der Waals surface area contributed by atoms with Crippen LogP contribution in [0.5, 0.6) is 0 Å². The molecule has 0 bridgehead atoms. The number of benzene rings is 1. The van der Waals surface area contributed by atoms with Gasteiger partial charge in [0.05, 0.1) is 11.0 Å². The molecule has 2 aromatic rings. The number of rotatable bonds is 2. The molecule has 2 heterocycles. The summed E-state index contributed by atoms with van der Waals surface area (Å²) in [6.45, 7) is 3.41. The summed E-state index contributed by atoms with van der Waals surface area (Å²) in [6, 6.07) is 9.95. The number of nitrogens with zero attached hydrogens (tertiary/aromatic N) is 2. The highest BCUT2D eigenvalue weighted by molar-refractivity contribution is 5.76. The van der Waals surface area contributed by atoms with E-state index >= 15 is 0 Å². The molecular weight excluding hydrogens is 234 g/mol. The number of piperidine rings is 1. The lowest BCUT2D eigenvalue weighted by molar-refractivity contribution is 0.364. The van der Waals surface area contributed by atoms with E-state index in [1.165, 1.54) is 42.5 Å².